The zero-order valence-electron chi connectivity index (χ0n) is 17.2. The smallest absolute Gasteiger partial charge is 0.341 e. The summed E-state index contributed by atoms with van der Waals surface area (Å²) in [5.74, 6) is -2.00. The summed E-state index contributed by atoms with van der Waals surface area (Å²) in [6.45, 7) is 2.82. The van der Waals surface area contributed by atoms with Gasteiger partial charge in [0.15, 0.2) is 6.61 Å². The molecule has 10 heteroatoms. The molecule has 1 fully saturated rings. The van der Waals surface area contributed by atoms with Crippen LogP contribution in [0.2, 0.25) is 0 Å². The molecule has 0 aromatic heterocycles. The molecule has 0 radical (unpaired) electrons. The predicted molar refractivity (Wildman–Crippen MR) is 124 cm³/mol. The van der Waals surface area contributed by atoms with E-state index in [1.54, 1.807) is 24.3 Å². The molecule has 0 bridgehead atoms. The van der Waals surface area contributed by atoms with E-state index in [9.17, 15) is 19.2 Å². The molecule has 0 atom stereocenters. The Morgan fingerprint density at radius 2 is 1.94 bits per heavy atom. The molecule has 0 spiro atoms. The number of anilines is 1. The molecule has 1 saturated heterocycles. The second-order valence-corrected chi connectivity index (χ2v) is 8.91. The molecule has 1 aliphatic rings. The van der Waals surface area contributed by atoms with Gasteiger partial charge in [-0.05, 0) is 61.5 Å². The number of benzene rings is 2. The maximum Gasteiger partial charge on any atom is 0.341 e. The number of carboxylic acids is 1. The number of nitrogens with one attached hydrogen (secondary N) is 1. The van der Waals surface area contributed by atoms with E-state index in [1.165, 1.54) is 6.08 Å². The van der Waals surface area contributed by atoms with Crippen molar-refractivity contribution < 1.29 is 29.0 Å². The normalized spacial score (nSPS) is 14.7. The lowest BCUT2D eigenvalue weighted by Crippen LogP contribution is -2.36. The first kappa shape index (κ1) is 23.6. The Morgan fingerprint density at radius 3 is 2.62 bits per heavy atom. The summed E-state index contributed by atoms with van der Waals surface area (Å²) in [6.07, 6.45) is 1.44. The van der Waals surface area contributed by atoms with E-state index < -0.39 is 36.2 Å². The van der Waals surface area contributed by atoms with Crippen LogP contribution in [0.5, 0.6) is 5.75 Å². The molecule has 166 valence electrons. The number of carboxylic acid groups (broad SMARTS) is 1. The van der Waals surface area contributed by atoms with Gasteiger partial charge in [0.05, 0.1) is 4.91 Å². The molecule has 1 aliphatic heterocycles. The first-order valence-electron chi connectivity index (χ1n) is 9.40. The van der Waals surface area contributed by atoms with Crippen LogP contribution in [-0.2, 0) is 14.4 Å². The fourth-order valence-corrected chi connectivity index (χ4v) is 4.18. The van der Waals surface area contributed by atoms with Crippen LogP contribution < -0.4 is 10.1 Å². The molecule has 3 rings (SSSR count). The van der Waals surface area contributed by atoms with Crippen LogP contribution in [0.3, 0.4) is 0 Å². The van der Waals surface area contributed by atoms with E-state index in [2.05, 4.69) is 21.2 Å². The van der Waals surface area contributed by atoms with Crippen LogP contribution >= 0.6 is 27.7 Å². The number of halogens is 1. The van der Waals surface area contributed by atoms with Gasteiger partial charge < -0.3 is 15.2 Å². The van der Waals surface area contributed by atoms with Gasteiger partial charge in [0, 0.05) is 15.7 Å². The van der Waals surface area contributed by atoms with E-state index >= 15 is 0 Å². The largest absolute Gasteiger partial charge is 0.481 e. The number of aryl methyl sites for hydroxylation is 2. The average Bonchev–Trinajstić information content (AvgIpc) is 2.97. The summed E-state index contributed by atoms with van der Waals surface area (Å²) >= 11 is 4.02. The minimum atomic E-state index is -1.14. The molecule has 32 heavy (non-hydrogen) atoms. The maximum atomic E-state index is 12.8. The van der Waals surface area contributed by atoms with Crippen LogP contribution in [0, 0.1) is 13.8 Å². The third-order valence-corrected chi connectivity index (χ3v) is 5.84. The van der Waals surface area contributed by atoms with Crippen molar-refractivity contribution in [1.29, 1.82) is 0 Å². The summed E-state index contributed by atoms with van der Waals surface area (Å²) in [5, 5.41) is 11.0. The van der Waals surface area contributed by atoms with Crippen LogP contribution in [-0.4, -0.2) is 46.2 Å². The van der Waals surface area contributed by atoms with E-state index in [4.69, 9.17) is 9.84 Å². The van der Waals surface area contributed by atoms with Crippen molar-refractivity contribution in [3.8, 4) is 5.75 Å². The lowest BCUT2D eigenvalue weighted by atomic mass is 10.1. The van der Waals surface area contributed by atoms with E-state index in [0.717, 1.165) is 16.0 Å². The monoisotopic (exact) mass is 518 g/mol. The fraction of sp³-hybridized carbons (Fsp3) is 0.182. The van der Waals surface area contributed by atoms with Crippen LogP contribution in [0.1, 0.15) is 16.7 Å². The van der Waals surface area contributed by atoms with Gasteiger partial charge in [0.25, 0.3) is 11.1 Å². The highest BCUT2D eigenvalue weighted by Gasteiger charge is 2.36. The highest BCUT2D eigenvalue weighted by molar-refractivity contribution is 9.10. The Kier molecular flexibility index (Phi) is 7.37. The Balaban J connectivity index is 1.76. The minimum absolute atomic E-state index is 0.104. The third-order valence-electron chi connectivity index (χ3n) is 4.44. The van der Waals surface area contributed by atoms with Crippen molar-refractivity contribution in [2.24, 2.45) is 0 Å². The Hall–Kier alpha value is -3.11. The molecule has 3 amide bonds. The van der Waals surface area contributed by atoms with Gasteiger partial charge >= 0.3 is 5.97 Å². The van der Waals surface area contributed by atoms with Gasteiger partial charge in [-0.15, -0.1) is 0 Å². The number of ether oxygens (including phenoxy) is 1. The summed E-state index contributed by atoms with van der Waals surface area (Å²) in [5.41, 5.74) is 2.95. The Bertz CT molecular complexity index is 1150. The summed E-state index contributed by atoms with van der Waals surface area (Å²) in [6, 6.07) is 10.4. The lowest BCUT2D eigenvalue weighted by Gasteiger charge is -2.14. The van der Waals surface area contributed by atoms with Crippen molar-refractivity contribution in [2.45, 2.75) is 13.8 Å². The van der Waals surface area contributed by atoms with Gasteiger partial charge in [-0.2, -0.15) is 0 Å². The van der Waals surface area contributed by atoms with Crippen molar-refractivity contribution in [3.05, 3.63) is 62.5 Å². The fourth-order valence-electron chi connectivity index (χ4n) is 2.97. The topological polar surface area (TPSA) is 113 Å². The number of nitrogens with zero attached hydrogens (tertiary/aromatic N) is 1. The number of rotatable bonds is 7. The number of thioether (sulfide) groups is 1. The molecular formula is C22H19BrN2O6S. The van der Waals surface area contributed by atoms with Gasteiger partial charge in [0.1, 0.15) is 12.3 Å². The number of hydrogen-bond donors (Lipinski definition) is 2. The molecule has 2 N–H and O–H groups in total. The molecule has 0 aliphatic carbocycles. The van der Waals surface area contributed by atoms with Gasteiger partial charge in [-0.3, -0.25) is 19.3 Å². The number of carbonyl (C=O) groups is 4. The van der Waals surface area contributed by atoms with Crippen molar-refractivity contribution >= 4 is 62.5 Å². The maximum absolute atomic E-state index is 12.8. The first-order chi connectivity index (χ1) is 15.1. The van der Waals surface area contributed by atoms with Crippen LogP contribution in [0.4, 0.5) is 10.5 Å². The van der Waals surface area contributed by atoms with Crippen LogP contribution in [0.25, 0.3) is 6.08 Å². The minimum Gasteiger partial charge on any atom is -0.481 e. The Morgan fingerprint density at radius 1 is 1.19 bits per heavy atom. The lowest BCUT2D eigenvalue weighted by molar-refractivity contribution is -0.139. The zero-order valence-corrected chi connectivity index (χ0v) is 19.6. The van der Waals surface area contributed by atoms with Crippen molar-refractivity contribution in [1.82, 2.24) is 4.90 Å². The molecule has 2 aromatic rings. The molecule has 2 aromatic carbocycles. The highest BCUT2D eigenvalue weighted by Crippen LogP contribution is 2.35. The number of imide groups is 1. The second-order valence-electron chi connectivity index (χ2n) is 7.00. The molecule has 0 unspecified atom stereocenters. The summed E-state index contributed by atoms with van der Waals surface area (Å²) in [7, 11) is 0. The number of hydrogen-bond acceptors (Lipinski definition) is 6. The van der Waals surface area contributed by atoms with Crippen LogP contribution in [0.15, 0.2) is 45.8 Å². The number of aliphatic carboxylic acids is 1. The number of carbonyl (C=O) groups excluding carboxylic acids is 3. The molecule has 8 nitrogen and oxygen atoms in total. The van der Waals surface area contributed by atoms with E-state index in [-0.39, 0.29) is 10.7 Å². The summed E-state index contributed by atoms with van der Waals surface area (Å²) < 4.78 is 5.93. The standard InChI is InChI=1S/C22H19BrN2O6S/c1-12-3-5-16(13(2)7-12)24-19(26)10-25-21(29)18(32-22(25)30)9-14-8-15(23)4-6-17(14)31-11-20(27)28/h3-9H,10-11H2,1-2H3,(H,24,26)(H,27,28)/b18-9+. The Labute approximate surface area is 196 Å². The van der Waals surface area contributed by atoms with Crippen molar-refractivity contribution in [3.63, 3.8) is 0 Å². The van der Waals surface area contributed by atoms with Gasteiger partial charge in [0.2, 0.25) is 5.91 Å². The predicted octanol–water partition coefficient (Wildman–Crippen LogP) is 4.20. The SMILES string of the molecule is Cc1ccc(NC(=O)CN2C(=O)S/C(=C/c3cc(Br)ccc3OCC(=O)O)C2=O)c(C)c1. The van der Waals surface area contributed by atoms with Gasteiger partial charge in [-0.1, -0.05) is 33.6 Å². The molecular weight excluding hydrogens is 500 g/mol. The zero-order chi connectivity index (χ0) is 23.4. The highest BCUT2D eigenvalue weighted by atomic mass is 79.9. The number of amides is 3. The van der Waals surface area contributed by atoms with E-state index in [1.807, 2.05) is 26.0 Å². The van der Waals surface area contributed by atoms with Crippen molar-refractivity contribution in [2.75, 3.05) is 18.5 Å². The first-order valence-corrected chi connectivity index (χ1v) is 11.0. The average molecular weight is 519 g/mol. The third kappa shape index (κ3) is 5.77. The molecule has 0 saturated carbocycles. The van der Waals surface area contributed by atoms with E-state index in [0.29, 0.717) is 27.5 Å². The van der Waals surface area contributed by atoms with Gasteiger partial charge in [-0.25, -0.2) is 4.79 Å². The quantitative estimate of drug-likeness (QED) is 0.527. The summed E-state index contributed by atoms with van der Waals surface area (Å²) in [4.78, 5) is 49.4. The molecule has 1 heterocycles. The second kappa shape index (κ2) is 10.0.